The SMILES string of the molecule is C=C1C(=O)C=C2CCCC(C)=C12. The van der Waals surface area contributed by atoms with E-state index in [0.29, 0.717) is 5.57 Å². The Labute approximate surface area is 72.5 Å². The predicted octanol–water partition coefficient (Wildman–Crippen LogP) is 2.55. The average molecular weight is 160 g/mol. The molecule has 0 N–H and O–H groups in total. The summed E-state index contributed by atoms with van der Waals surface area (Å²) in [6, 6.07) is 0. The highest BCUT2D eigenvalue weighted by Crippen LogP contribution is 2.38. The summed E-state index contributed by atoms with van der Waals surface area (Å²) in [6.45, 7) is 5.91. The van der Waals surface area contributed by atoms with Crippen molar-refractivity contribution in [1.82, 2.24) is 0 Å². The second-order valence-electron chi connectivity index (χ2n) is 3.52. The first kappa shape index (κ1) is 7.53. The Balaban J connectivity index is 2.55. The third kappa shape index (κ3) is 0.893. The molecule has 0 saturated heterocycles. The van der Waals surface area contributed by atoms with E-state index < -0.39 is 0 Å². The Bertz CT molecular complexity index is 329. The second-order valence-corrected chi connectivity index (χ2v) is 3.52. The fourth-order valence-corrected chi connectivity index (χ4v) is 2.03. The lowest BCUT2D eigenvalue weighted by atomic mass is 9.88. The number of hydrogen-bond acceptors (Lipinski definition) is 1. The number of carbonyl (C=O) groups is 1. The van der Waals surface area contributed by atoms with Crippen molar-refractivity contribution in [3.05, 3.63) is 34.9 Å². The third-order valence-electron chi connectivity index (χ3n) is 2.65. The van der Waals surface area contributed by atoms with Crippen LogP contribution in [0.1, 0.15) is 26.2 Å². The van der Waals surface area contributed by atoms with Gasteiger partial charge >= 0.3 is 0 Å². The first-order valence-electron chi connectivity index (χ1n) is 4.34. The molecule has 0 aromatic heterocycles. The predicted molar refractivity (Wildman–Crippen MR) is 48.8 cm³/mol. The maximum Gasteiger partial charge on any atom is 0.186 e. The number of hydrogen-bond donors (Lipinski definition) is 0. The van der Waals surface area contributed by atoms with Crippen LogP contribution in [-0.2, 0) is 4.79 Å². The van der Waals surface area contributed by atoms with Crippen LogP contribution in [0, 0.1) is 0 Å². The van der Waals surface area contributed by atoms with Crippen molar-refractivity contribution >= 4 is 5.78 Å². The Kier molecular flexibility index (Phi) is 1.53. The zero-order chi connectivity index (χ0) is 8.72. The van der Waals surface area contributed by atoms with Crippen LogP contribution >= 0.6 is 0 Å². The molecule has 1 heteroatoms. The lowest BCUT2D eigenvalue weighted by molar-refractivity contribution is -0.110. The molecule has 0 amide bonds. The molecule has 0 aliphatic heterocycles. The first-order valence-corrected chi connectivity index (χ1v) is 4.34. The lowest BCUT2D eigenvalue weighted by Crippen LogP contribution is -2.00. The highest BCUT2D eigenvalue weighted by Gasteiger charge is 2.26. The van der Waals surface area contributed by atoms with Crippen molar-refractivity contribution in [2.75, 3.05) is 0 Å². The molecule has 1 nitrogen and oxygen atoms in total. The van der Waals surface area contributed by atoms with Gasteiger partial charge in [0.1, 0.15) is 0 Å². The minimum atomic E-state index is 0.112. The summed E-state index contributed by atoms with van der Waals surface area (Å²) in [5, 5.41) is 0. The molecular weight excluding hydrogens is 148 g/mol. The van der Waals surface area contributed by atoms with Gasteiger partial charge in [-0.1, -0.05) is 12.2 Å². The standard InChI is InChI=1S/C11H12O/c1-7-4-3-5-9-6-10(12)8(2)11(7)9/h6H,2-5H2,1H3. The van der Waals surface area contributed by atoms with Gasteiger partial charge in [-0.2, -0.15) is 0 Å². The van der Waals surface area contributed by atoms with Crippen LogP contribution < -0.4 is 0 Å². The zero-order valence-corrected chi connectivity index (χ0v) is 7.31. The number of rotatable bonds is 0. The van der Waals surface area contributed by atoms with Gasteiger partial charge in [-0.25, -0.2) is 0 Å². The monoisotopic (exact) mass is 160 g/mol. The maximum absolute atomic E-state index is 11.3. The van der Waals surface area contributed by atoms with Gasteiger partial charge < -0.3 is 0 Å². The Morgan fingerprint density at radius 3 is 2.83 bits per heavy atom. The molecule has 0 aromatic carbocycles. The quantitative estimate of drug-likeness (QED) is 0.498. The molecule has 0 fully saturated rings. The molecule has 62 valence electrons. The summed E-state index contributed by atoms with van der Waals surface area (Å²) in [6.07, 6.45) is 5.11. The Morgan fingerprint density at radius 1 is 1.42 bits per heavy atom. The highest BCUT2D eigenvalue weighted by atomic mass is 16.1. The fraction of sp³-hybridized carbons (Fsp3) is 0.364. The van der Waals surface area contributed by atoms with E-state index >= 15 is 0 Å². The minimum Gasteiger partial charge on any atom is -0.289 e. The second kappa shape index (κ2) is 2.44. The lowest BCUT2D eigenvalue weighted by Gasteiger charge is -2.16. The molecule has 2 aliphatic rings. The van der Waals surface area contributed by atoms with E-state index in [1.807, 2.05) is 0 Å². The van der Waals surface area contributed by atoms with Crippen LogP contribution in [0.4, 0.5) is 0 Å². The van der Waals surface area contributed by atoms with E-state index in [-0.39, 0.29) is 5.78 Å². The molecular formula is C11H12O. The molecule has 0 aromatic rings. The van der Waals surface area contributed by atoms with Gasteiger partial charge in [0.2, 0.25) is 0 Å². The van der Waals surface area contributed by atoms with Crippen LogP contribution in [-0.4, -0.2) is 5.78 Å². The van der Waals surface area contributed by atoms with Crippen LogP contribution in [0.3, 0.4) is 0 Å². The summed E-state index contributed by atoms with van der Waals surface area (Å²) in [4.78, 5) is 11.3. The van der Waals surface area contributed by atoms with E-state index in [4.69, 9.17) is 0 Å². The van der Waals surface area contributed by atoms with Gasteiger partial charge in [-0.15, -0.1) is 0 Å². The Hall–Kier alpha value is -1.11. The number of carbonyl (C=O) groups excluding carboxylic acids is 1. The minimum absolute atomic E-state index is 0.112. The van der Waals surface area contributed by atoms with E-state index in [9.17, 15) is 4.79 Å². The zero-order valence-electron chi connectivity index (χ0n) is 7.31. The molecule has 0 atom stereocenters. The van der Waals surface area contributed by atoms with Gasteiger partial charge in [0.25, 0.3) is 0 Å². The van der Waals surface area contributed by atoms with Crippen LogP contribution in [0.2, 0.25) is 0 Å². The van der Waals surface area contributed by atoms with Crippen LogP contribution in [0.5, 0.6) is 0 Å². The van der Waals surface area contributed by atoms with Gasteiger partial charge in [0.05, 0.1) is 0 Å². The van der Waals surface area contributed by atoms with Crippen molar-refractivity contribution in [3.63, 3.8) is 0 Å². The Morgan fingerprint density at radius 2 is 2.17 bits per heavy atom. The smallest absolute Gasteiger partial charge is 0.186 e. The van der Waals surface area contributed by atoms with Gasteiger partial charge in [0.15, 0.2) is 5.78 Å². The molecule has 0 unspecified atom stereocenters. The fourth-order valence-electron chi connectivity index (χ4n) is 2.03. The molecule has 2 aliphatic carbocycles. The molecule has 0 spiro atoms. The summed E-state index contributed by atoms with van der Waals surface area (Å²) in [5.74, 6) is 0.112. The number of fused-ring (bicyclic) bond motifs is 1. The van der Waals surface area contributed by atoms with Crippen molar-refractivity contribution < 1.29 is 4.79 Å². The molecule has 0 bridgehead atoms. The van der Waals surface area contributed by atoms with E-state index in [0.717, 1.165) is 18.4 Å². The van der Waals surface area contributed by atoms with E-state index in [2.05, 4.69) is 13.5 Å². The number of ketones is 1. The van der Waals surface area contributed by atoms with Crippen molar-refractivity contribution in [2.24, 2.45) is 0 Å². The third-order valence-corrected chi connectivity index (χ3v) is 2.65. The summed E-state index contributed by atoms with van der Waals surface area (Å²) in [5.41, 5.74) is 4.42. The summed E-state index contributed by atoms with van der Waals surface area (Å²) < 4.78 is 0. The van der Waals surface area contributed by atoms with E-state index in [1.54, 1.807) is 6.08 Å². The average Bonchev–Trinajstić information content (AvgIpc) is 2.29. The topological polar surface area (TPSA) is 17.1 Å². The normalized spacial score (nSPS) is 22.9. The summed E-state index contributed by atoms with van der Waals surface area (Å²) >= 11 is 0. The molecule has 12 heavy (non-hydrogen) atoms. The molecule has 0 radical (unpaired) electrons. The van der Waals surface area contributed by atoms with Crippen molar-refractivity contribution in [3.8, 4) is 0 Å². The first-order chi connectivity index (χ1) is 5.70. The van der Waals surface area contributed by atoms with Gasteiger partial charge in [-0.05, 0) is 43.4 Å². The molecule has 0 saturated carbocycles. The van der Waals surface area contributed by atoms with Crippen LogP contribution in [0.15, 0.2) is 34.9 Å². The molecule has 0 heterocycles. The van der Waals surface area contributed by atoms with Gasteiger partial charge in [0, 0.05) is 5.57 Å². The molecule has 2 rings (SSSR count). The summed E-state index contributed by atoms with van der Waals surface area (Å²) in [7, 11) is 0. The van der Waals surface area contributed by atoms with E-state index in [1.165, 1.54) is 17.6 Å². The largest absolute Gasteiger partial charge is 0.289 e. The highest BCUT2D eigenvalue weighted by molar-refractivity contribution is 6.12. The van der Waals surface area contributed by atoms with Gasteiger partial charge in [-0.3, -0.25) is 4.79 Å². The maximum atomic E-state index is 11.3. The van der Waals surface area contributed by atoms with Crippen molar-refractivity contribution in [1.29, 1.82) is 0 Å². The van der Waals surface area contributed by atoms with Crippen LogP contribution in [0.25, 0.3) is 0 Å². The number of allylic oxidation sites excluding steroid dienone is 5. The van der Waals surface area contributed by atoms with Crippen molar-refractivity contribution in [2.45, 2.75) is 26.2 Å².